The normalized spacial score (nSPS) is 16.1. The maximum atomic E-state index is 12.6. The third kappa shape index (κ3) is 3.18. The largest absolute Gasteiger partial charge is 0.504 e. The highest BCUT2D eigenvalue weighted by atomic mass is 35.5. The molecule has 110 valence electrons. The smallest absolute Gasteiger partial charge is 0.258 e. The molecule has 2 rings (SSSR count). The van der Waals surface area contributed by atoms with Crippen molar-refractivity contribution in [3.63, 3.8) is 0 Å². The Morgan fingerprint density at radius 3 is 2.60 bits per heavy atom. The Hall–Kier alpha value is -1.42. The molecule has 0 aliphatic heterocycles. The van der Waals surface area contributed by atoms with E-state index < -0.39 is 0 Å². The Kier molecular flexibility index (Phi) is 5.12. The molecule has 0 heterocycles. The first kappa shape index (κ1) is 15.0. The molecule has 2 N–H and O–H groups in total. The Morgan fingerprint density at radius 1 is 1.25 bits per heavy atom. The number of amides is 1. The minimum absolute atomic E-state index is 0.140. The van der Waals surface area contributed by atoms with Gasteiger partial charge in [-0.1, -0.05) is 25.3 Å². The molecule has 0 bridgehead atoms. The van der Waals surface area contributed by atoms with Gasteiger partial charge < -0.3 is 15.1 Å². The molecular formula is C15H20ClNO3. The van der Waals surface area contributed by atoms with Gasteiger partial charge in [0.25, 0.3) is 5.91 Å². The molecule has 4 nitrogen and oxygen atoms in total. The molecule has 1 aromatic rings. The van der Waals surface area contributed by atoms with Crippen molar-refractivity contribution in [3.8, 4) is 11.5 Å². The zero-order valence-corrected chi connectivity index (χ0v) is 12.1. The summed E-state index contributed by atoms with van der Waals surface area (Å²) in [4.78, 5) is 14.3. The highest BCUT2D eigenvalue weighted by molar-refractivity contribution is 6.18. The molecule has 1 fully saturated rings. The van der Waals surface area contributed by atoms with Gasteiger partial charge in [0.05, 0.1) is 5.56 Å². The van der Waals surface area contributed by atoms with Crippen LogP contribution in [0.4, 0.5) is 0 Å². The van der Waals surface area contributed by atoms with Crippen LogP contribution in [-0.4, -0.2) is 39.5 Å². The number of phenolic OH excluding ortho intramolecular Hbond substituents is 2. The summed E-state index contributed by atoms with van der Waals surface area (Å²) in [5, 5.41) is 19.4. The first-order chi connectivity index (χ1) is 9.65. The maximum Gasteiger partial charge on any atom is 0.258 e. The molecule has 1 aliphatic carbocycles. The average molecular weight is 298 g/mol. The number of alkyl halides is 1. The summed E-state index contributed by atoms with van der Waals surface area (Å²) < 4.78 is 0. The van der Waals surface area contributed by atoms with Crippen molar-refractivity contribution in [3.05, 3.63) is 23.8 Å². The topological polar surface area (TPSA) is 60.8 Å². The first-order valence-electron chi connectivity index (χ1n) is 7.03. The molecule has 1 aliphatic rings. The molecule has 0 unspecified atom stereocenters. The van der Waals surface area contributed by atoms with E-state index in [-0.39, 0.29) is 29.0 Å². The minimum Gasteiger partial charge on any atom is -0.504 e. The number of benzene rings is 1. The first-order valence-corrected chi connectivity index (χ1v) is 7.56. The molecule has 0 saturated heterocycles. The number of halogens is 1. The van der Waals surface area contributed by atoms with Crippen molar-refractivity contribution in [1.29, 1.82) is 0 Å². The average Bonchev–Trinajstić information content (AvgIpc) is 2.48. The van der Waals surface area contributed by atoms with Crippen LogP contribution in [0.3, 0.4) is 0 Å². The van der Waals surface area contributed by atoms with Gasteiger partial charge in [0, 0.05) is 18.5 Å². The summed E-state index contributed by atoms with van der Waals surface area (Å²) in [7, 11) is 0. The summed E-state index contributed by atoms with van der Waals surface area (Å²) in [5.41, 5.74) is 0.140. The van der Waals surface area contributed by atoms with Crippen LogP contribution in [0.25, 0.3) is 0 Å². The molecule has 0 aromatic heterocycles. The fourth-order valence-electron chi connectivity index (χ4n) is 2.79. The summed E-state index contributed by atoms with van der Waals surface area (Å²) in [6.07, 6.45) is 5.38. The molecule has 20 heavy (non-hydrogen) atoms. The molecule has 0 atom stereocenters. The SMILES string of the molecule is O=C(c1cccc(O)c1O)N(CCCl)C1CCCCC1. The van der Waals surface area contributed by atoms with Gasteiger partial charge in [0.2, 0.25) is 0 Å². The number of hydrogen-bond donors (Lipinski definition) is 2. The number of para-hydroxylation sites is 1. The predicted octanol–water partition coefficient (Wildman–Crippen LogP) is 3.11. The summed E-state index contributed by atoms with van der Waals surface area (Å²) >= 11 is 5.81. The van der Waals surface area contributed by atoms with Crippen molar-refractivity contribution in [1.82, 2.24) is 4.90 Å². The Bertz CT molecular complexity index is 472. The van der Waals surface area contributed by atoms with Crippen LogP contribution in [-0.2, 0) is 0 Å². The molecule has 0 radical (unpaired) electrons. The number of carbonyl (C=O) groups is 1. The molecular weight excluding hydrogens is 278 g/mol. The van der Waals surface area contributed by atoms with Crippen molar-refractivity contribution in [2.24, 2.45) is 0 Å². The quantitative estimate of drug-likeness (QED) is 0.663. The Labute approximate surface area is 124 Å². The second kappa shape index (κ2) is 6.84. The van der Waals surface area contributed by atoms with Crippen molar-refractivity contribution >= 4 is 17.5 Å². The van der Waals surface area contributed by atoms with Crippen LogP contribution >= 0.6 is 11.6 Å². The van der Waals surface area contributed by atoms with Crippen LogP contribution in [0.15, 0.2) is 18.2 Å². The number of nitrogens with zero attached hydrogens (tertiary/aromatic N) is 1. The number of aromatic hydroxyl groups is 2. The lowest BCUT2D eigenvalue weighted by Crippen LogP contribution is -2.42. The van der Waals surface area contributed by atoms with Gasteiger partial charge in [-0.15, -0.1) is 11.6 Å². The Morgan fingerprint density at radius 2 is 1.95 bits per heavy atom. The highest BCUT2D eigenvalue weighted by Crippen LogP contribution is 2.31. The maximum absolute atomic E-state index is 12.6. The zero-order valence-electron chi connectivity index (χ0n) is 11.4. The lowest BCUT2D eigenvalue weighted by Gasteiger charge is -2.34. The van der Waals surface area contributed by atoms with E-state index in [2.05, 4.69) is 0 Å². The minimum atomic E-state index is -0.354. The third-order valence-electron chi connectivity index (χ3n) is 3.85. The van der Waals surface area contributed by atoms with Gasteiger partial charge in [0.15, 0.2) is 11.5 Å². The number of carbonyl (C=O) groups excluding carboxylic acids is 1. The van der Waals surface area contributed by atoms with Crippen molar-refractivity contribution in [2.45, 2.75) is 38.1 Å². The second-order valence-electron chi connectivity index (χ2n) is 5.15. The standard InChI is InChI=1S/C15H20ClNO3/c16-9-10-17(11-5-2-1-3-6-11)15(20)12-7-4-8-13(18)14(12)19/h4,7-8,11,18-19H,1-3,5-6,9-10H2. The van der Waals surface area contributed by atoms with Gasteiger partial charge in [-0.25, -0.2) is 0 Å². The van der Waals surface area contributed by atoms with Crippen LogP contribution in [0.2, 0.25) is 0 Å². The summed E-state index contributed by atoms with van der Waals surface area (Å²) in [6.45, 7) is 0.458. The third-order valence-corrected chi connectivity index (χ3v) is 4.02. The van der Waals surface area contributed by atoms with E-state index in [0.29, 0.717) is 12.4 Å². The van der Waals surface area contributed by atoms with E-state index >= 15 is 0 Å². The van der Waals surface area contributed by atoms with E-state index in [1.807, 2.05) is 0 Å². The molecule has 1 aromatic carbocycles. The van der Waals surface area contributed by atoms with Gasteiger partial charge >= 0.3 is 0 Å². The van der Waals surface area contributed by atoms with E-state index in [1.54, 1.807) is 11.0 Å². The van der Waals surface area contributed by atoms with Crippen LogP contribution in [0.5, 0.6) is 11.5 Å². The Balaban J connectivity index is 2.23. The predicted molar refractivity (Wildman–Crippen MR) is 78.4 cm³/mol. The van der Waals surface area contributed by atoms with Crippen LogP contribution in [0, 0.1) is 0 Å². The van der Waals surface area contributed by atoms with Crippen LogP contribution < -0.4 is 0 Å². The van der Waals surface area contributed by atoms with E-state index in [1.165, 1.54) is 18.6 Å². The zero-order chi connectivity index (χ0) is 14.5. The molecule has 5 heteroatoms. The molecule has 0 spiro atoms. The van der Waals surface area contributed by atoms with Crippen molar-refractivity contribution in [2.75, 3.05) is 12.4 Å². The summed E-state index contributed by atoms with van der Waals surface area (Å²) in [6, 6.07) is 4.62. The highest BCUT2D eigenvalue weighted by Gasteiger charge is 2.27. The van der Waals surface area contributed by atoms with Crippen molar-refractivity contribution < 1.29 is 15.0 Å². The van der Waals surface area contributed by atoms with E-state index in [9.17, 15) is 15.0 Å². The fourth-order valence-corrected chi connectivity index (χ4v) is 2.97. The fraction of sp³-hybridized carbons (Fsp3) is 0.533. The lowest BCUT2D eigenvalue weighted by molar-refractivity contribution is 0.0646. The van der Waals surface area contributed by atoms with Crippen LogP contribution in [0.1, 0.15) is 42.5 Å². The summed E-state index contributed by atoms with van der Waals surface area (Å²) in [5.74, 6) is -0.522. The monoisotopic (exact) mass is 297 g/mol. The van der Waals surface area contributed by atoms with E-state index in [4.69, 9.17) is 11.6 Å². The number of rotatable bonds is 4. The number of hydrogen-bond acceptors (Lipinski definition) is 3. The van der Waals surface area contributed by atoms with E-state index in [0.717, 1.165) is 25.7 Å². The lowest BCUT2D eigenvalue weighted by atomic mass is 9.93. The second-order valence-corrected chi connectivity index (χ2v) is 5.53. The number of phenols is 2. The molecule has 1 saturated carbocycles. The van der Waals surface area contributed by atoms with Gasteiger partial charge in [-0.2, -0.15) is 0 Å². The molecule has 1 amide bonds. The van der Waals surface area contributed by atoms with Gasteiger partial charge in [-0.3, -0.25) is 4.79 Å². The van der Waals surface area contributed by atoms with Gasteiger partial charge in [0.1, 0.15) is 0 Å². The van der Waals surface area contributed by atoms with Gasteiger partial charge in [-0.05, 0) is 25.0 Å².